The predicted molar refractivity (Wildman–Crippen MR) is 116 cm³/mol. The van der Waals surface area contributed by atoms with E-state index in [4.69, 9.17) is 4.52 Å². The van der Waals surface area contributed by atoms with Crippen molar-refractivity contribution in [3.63, 3.8) is 0 Å². The van der Waals surface area contributed by atoms with Crippen molar-refractivity contribution in [2.24, 2.45) is 5.92 Å². The first-order valence-electron chi connectivity index (χ1n) is 10.1. The van der Waals surface area contributed by atoms with Gasteiger partial charge in [-0.15, -0.1) is 0 Å². The van der Waals surface area contributed by atoms with Crippen LogP contribution in [0.4, 0.5) is 0 Å². The number of rotatable bonds is 5. The number of hydrogen-bond acceptors (Lipinski definition) is 5. The molecule has 1 aromatic heterocycles. The molecule has 7 nitrogen and oxygen atoms in total. The Morgan fingerprint density at radius 1 is 1.13 bits per heavy atom. The number of benzene rings is 1. The zero-order valence-electron chi connectivity index (χ0n) is 18.2. The average molecular weight is 432 g/mol. The number of sulfonamides is 1. The van der Waals surface area contributed by atoms with Crippen molar-refractivity contribution < 1.29 is 17.7 Å². The van der Waals surface area contributed by atoms with E-state index in [1.165, 1.54) is 9.87 Å². The highest BCUT2D eigenvalue weighted by Crippen LogP contribution is 2.29. The number of hydrogen-bond donors (Lipinski definition) is 1. The highest BCUT2D eigenvalue weighted by molar-refractivity contribution is 7.89. The second kappa shape index (κ2) is 8.73. The highest BCUT2D eigenvalue weighted by atomic mass is 32.2. The van der Waals surface area contributed by atoms with Crippen LogP contribution in [0.5, 0.6) is 0 Å². The molecule has 162 valence electrons. The first-order valence-corrected chi connectivity index (χ1v) is 11.5. The van der Waals surface area contributed by atoms with Crippen LogP contribution in [0.25, 0.3) is 12.2 Å². The smallest absolute Gasteiger partial charge is 0.248 e. The van der Waals surface area contributed by atoms with E-state index in [1.54, 1.807) is 20.0 Å². The van der Waals surface area contributed by atoms with Crippen LogP contribution in [-0.4, -0.2) is 43.9 Å². The molecule has 0 spiro atoms. The van der Waals surface area contributed by atoms with Gasteiger partial charge in [0.25, 0.3) is 0 Å². The zero-order chi connectivity index (χ0) is 22.1. The van der Waals surface area contributed by atoms with Crippen LogP contribution in [-0.2, 0) is 14.8 Å². The first kappa shape index (κ1) is 22.2. The Bertz CT molecular complexity index is 1050. The molecule has 1 saturated heterocycles. The summed E-state index contributed by atoms with van der Waals surface area (Å²) in [5, 5.41) is 6.55. The Balaban J connectivity index is 1.88. The SMILES string of the molecule is CNC(=O)C1CCN(S(=O)(=O)c2c(C)noc2C=Cc2c(C)cc(C)cc2C)CC1. The van der Waals surface area contributed by atoms with Crippen LogP contribution in [0.3, 0.4) is 0 Å². The fraction of sp³-hybridized carbons (Fsp3) is 0.455. The van der Waals surface area contributed by atoms with Crippen molar-refractivity contribution in [1.82, 2.24) is 14.8 Å². The maximum Gasteiger partial charge on any atom is 0.248 e. The summed E-state index contributed by atoms with van der Waals surface area (Å²) in [5.41, 5.74) is 4.77. The van der Waals surface area contributed by atoms with Gasteiger partial charge >= 0.3 is 0 Å². The number of piperidine rings is 1. The largest absolute Gasteiger partial charge is 0.359 e. The molecular weight excluding hydrogens is 402 g/mol. The molecule has 1 N–H and O–H groups in total. The Morgan fingerprint density at radius 2 is 1.73 bits per heavy atom. The summed E-state index contributed by atoms with van der Waals surface area (Å²) >= 11 is 0. The molecule has 0 bridgehead atoms. The second-order valence-electron chi connectivity index (χ2n) is 7.90. The van der Waals surface area contributed by atoms with Crippen LogP contribution < -0.4 is 5.32 Å². The van der Waals surface area contributed by atoms with E-state index in [1.807, 2.05) is 26.8 Å². The number of amides is 1. The third-order valence-electron chi connectivity index (χ3n) is 5.64. The molecule has 1 amide bonds. The third-order valence-corrected chi connectivity index (χ3v) is 7.70. The molecule has 2 aromatic rings. The Hall–Kier alpha value is -2.45. The van der Waals surface area contributed by atoms with Crippen LogP contribution >= 0.6 is 0 Å². The van der Waals surface area contributed by atoms with E-state index in [9.17, 15) is 13.2 Å². The van der Waals surface area contributed by atoms with Crippen LogP contribution in [0.1, 0.15) is 46.5 Å². The van der Waals surface area contributed by atoms with E-state index in [2.05, 4.69) is 22.6 Å². The maximum atomic E-state index is 13.3. The summed E-state index contributed by atoms with van der Waals surface area (Å²) in [6.07, 6.45) is 4.54. The van der Waals surface area contributed by atoms with Crippen molar-refractivity contribution in [3.05, 3.63) is 45.8 Å². The van der Waals surface area contributed by atoms with Gasteiger partial charge in [-0.3, -0.25) is 4.79 Å². The molecule has 0 radical (unpaired) electrons. The second-order valence-corrected chi connectivity index (χ2v) is 9.77. The minimum Gasteiger partial charge on any atom is -0.359 e. The lowest BCUT2D eigenvalue weighted by molar-refractivity contribution is -0.125. The lowest BCUT2D eigenvalue weighted by atomic mass is 9.97. The number of nitrogens with one attached hydrogen (secondary N) is 1. The van der Waals surface area contributed by atoms with E-state index >= 15 is 0 Å². The molecule has 1 aliphatic rings. The van der Waals surface area contributed by atoms with Gasteiger partial charge in [0.2, 0.25) is 15.9 Å². The number of nitrogens with zero attached hydrogens (tertiary/aromatic N) is 2. The number of carbonyl (C=O) groups excluding carboxylic acids is 1. The van der Waals surface area contributed by atoms with Crippen molar-refractivity contribution in [2.45, 2.75) is 45.4 Å². The van der Waals surface area contributed by atoms with Gasteiger partial charge in [0.05, 0.1) is 0 Å². The van der Waals surface area contributed by atoms with Gasteiger partial charge in [-0.2, -0.15) is 4.31 Å². The standard InChI is InChI=1S/C22H29N3O4S/c1-14-12-15(2)19(16(3)13-14)6-7-20-21(17(4)24-29-20)30(27,28)25-10-8-18(9-11-25)22(26)23-5/h6-7,12-13,18H,8-11H2,1-5H3,(H,23,26). The maximum absolute atomic E-state index is 13.3. The van der Waals surface area contributed by atoms with Gasteiger partial charge in [-0.1, -0.05) is 28.9 Å². The molecule has 1 fully saturated rings. The summed E-state index contributed by atoms with van der Waals surface area (Å²) in [6.45, 7) is 8.33. The van der Waals surface area contributed by atoms with Gasteiger partial charge in [0.1, 0.15) is 5.69 Å². The molecule has 30 heavy (non-hydrogen) atoms. The fourth-order valence-electron chi connectivity index (χ4n) is 4.10. The Kier molecular flexibility index (Phi) is 6.47. The lowest BCUT2D eigenvalue weighted by Crippen LogP contribution is -2.42. The van der Waals surface area contributed by atoms with Crippen LogP contribution in [0, 0.1) is 33.6 Å². The van der Waals surface area contributed by atoms with E-state index < -0.39 is 10.0 Å². The normalized spacial score (nSPS) is 16.3. The van der Waals surface area contributed by atoms with Gasteiger partial charge in [0, 0.05) is 26.1 Å². The highest BCUT2D eigenvalue weighted by Gasteiger charge is 2.35. The molecule has 0 saturated carbocycles. The Labute approximate surface area is 178 Å². The van der Waals surface area contributed by atoms with Crippen molar-refractivity contribution in [1.29, 1.82) is 0 Å². The summed E-state index contributed by atoms with van der Waals surface area (Å²) in [5.74, 6) is 0.0258. The third kappa shape index (κ3) is 4.34. The van der Waals surface area contributed by atoms with E-state index in [-0.39, 0.29) is 22.5 Å². The molecule has 0 atom stereocenters. The molecule has 0 aliphatic carbocycles. The van der Waals surface area contributed by atoms with Crippen molar-refractivity contribution in [2.75, 3.05) is 20.1 Å². The molecule has 8 heteroatoms. The number of aromatic nitrogens is 1. The molecule has 1 aromatic carbocycles. The molecule has 0 unspecified atom stereocenters. The summed E-state index contributed by atoms with van der Waals surface area (Å²) in [7, 11) is -2.17. The summed E-state index contributed by atoms with van der Waals surface area (Å²) in [6, 6.07) is 4.18. The molecule has 2 heterocycles. The van der Waals surface area contributed by atoms with Gasteiger partial charge in [-0.25, -0.2) is 8.42 Å². The molecule has 1 aliphatic heterocycles. The lowest BCUT2D eigenvalue weighted by Gasteiger charge is -2.30. The Morgan fingerprint density at radius 3 is 2.30 bits per heavy atom. The number of aryl methyl sites for hydroxylation is 4. The minimum absolute atomic E-state index is 0.0410. The van der Waals surface area contributed by atoms with E-state index in [0.717, 1.165) is 16.7 Å². The summed E-state index contributed by atoms with van der Waals surface area (Å²) in [4.78, 5) is 11.9. The van der Waals surface area contributed by atoms with Crippen molar-refractivity contribution >= 4 is 28.1 Å². The molecule has 3 rings (SSSR count). The van der Waals surface area contributed by atoms with Gasteiger partial charge < -0.3 is 9.84 Å². The fourth-order valence-corrected chi connectivity index (χ4v) is 5.82. The van der Waals surface area contributed by atoms with E-state index in [0.29, 0.717) is 31.6 Å². The van der Waals surface area contributed by atoms with Gasteiger partial charge in [0.15, 0.2) is 10.7 Å². The predicted octanol–water partition coefficient (Wildman–Crippen LogP) is 3.23. The summed E-state index contributed by atoms with van der Waals surface area (Å²) < 4.78 is 33.4. The van der Waals surface area contributed by atoms with Crippen molar-refractivity contribution in [3.8, 4) is 0 Å². The topological polar surface area (TPSA) is 92.5 Å². The monoisotopic (exact) mass is 431 g/mol. The zero-order valence-corrected chi connectivity index (χ0v) is 19.0. The quantitative estimate of drug-likeness (QED) is 0.785. The van der Waals surface area contributed by atoms with Crippen LogP contribution in [0.15, 0.2) is 21.6 Å². The molecular formula is C22H29N3O4S. The first-order chi connectivity index (χ1) is 14.1. The average Bonchev–Trinajstić information content (AvgIpc) is 3.07. The van der Waals surface area contributed by atoms with Crippen LogP contribution in [0.2, 0.25) is 0 Å². The minimum atomic E-state index is -3.77. The van der Waals surface area contributed by atoms with Gasteiger partial charge in [-0.05, 0) is 63.3 Å². The number of carbonyl (C=O) groups is 1.